The summed E-state index contributed by atoms with van der Waals surface area (Å²) in [6, 6.07) is 2.51. The van der Waals surface area contributed by atoms with Crippen molar-refractivity contribution in [3.63, 3.8) is 0 Å². The van der Waals surface area contributed by atoms with Crippen LogP contribution in [0.2, 0.25) is 0 Å². The monoisotopic (exact) mass is 476 g/mol. The molecule has 1 aliphatic heterocycles. The molecule has 0 aliphatic carbocycles. The van der Waals surface area contributed by atoms with E-state index in [4.69, 9.17) is 4.74 Å². The Morgan fingerprint density at radius 2 is 1.94 bits per heavy atom. The molecule has 0 saturated carbocycles. The Hall–Kier alpha value is -3.66. The third-order valence-electron chi connectivity index (χ3n) is 6.60. The van der Waals surface area contributed by atoms with Gasteiger partial charge in [0.05, 0.1) is 30.4 Å². The lowest BCUT2D eigenvalue weighted by Gasteiger charge is -2.34. The molecule has 4 heterocycles. The number of aryl methyl sites for hydroxylation is 3. The van der Waals surface area contributed by atoms with E-state index >= 15 is 0 Å². The molecule has 0 spiro atoms. The zero-order valence-corrected chi connectivity index (χ0v) is 20.9. The summed E-state index contributed by atoms with van der Waals surface area (Å²) in [6.45, 7) is 8.83. The number of nitrogens with zero attached hydrogens (tertiary/aromatic N) is 6. The Kier molecular flexibility index (Phi) is 6.06. The van der Waals surface area contributed by atoms with Crippen molar-refractivity contribution in [1.29, 1.82) is 0 Å². The van der Waals surface area contributed by atoms with Gasteiger partial charge >= 0.3 is 0 Å². The van der Waals surface area contributed by atoms with Crippen LogP contribution in [0.4, 0.5) is 11.5 Å². The van der Waals surface area contributed by atoms with Crippen LogP contribution in [-0.2, 0) is 7.05 Å². The number of fused-ring (bicyclic) bond motifs is 2. The molecular weight excluding hydrogens is 444 g/mol. The maximum Gasteiger partial charge on any atom is 0.262 e. The molecule has 0 unspecified atom stereocenters. The van der Waals surface area contributed by atoms with Gasteiger partial charge in [0.2, 0.25) is 0 Å². The van der Waals surface area contributed by atoms with Crippen molar-refractivity contribution in [3.8, 4) is 5.75 Å². The SMILES string of the molecule is CCNC1CCN(c2cc(OC)c(C(=O)Nc3cn4cc(C)nc(C)c4n3)c3nn(C)cc23)CC1. The zero-order valence-electron chi connectivity index (χ0n) is 20.9. The van der Waals surface area contributed by atoms with E-state index in [0.717, 1.165) is 54.9 Å². The largest absolute Gasteiger partial charge is 0.496 e. The van der Waals surface area contributed by atoms with E-state index in [9.17, 15) is 4.79 Å². The minimum atomic E-state index is -0.311. The van der Waals surface area contributed by atoms with Crippen LogP contribution in [0.15, 0.2) is 24.7 Å². The second-order valence-electron chi connectivity index (χ2n) is 9.14. The molecule has 1 aliphatic rings. The van der Waals surface area contributed by atoms with Gasteiger partial charge in [0.25, 0.3) is 5.91 Å². The molecule has 1 amide bonds. The third-order valence-corrected chi connectivity index (χ3v) is 6.60. The smallest absolute Gasteiger partial charge is 0.262 e. The Balaban J connectivity index is 1.50. The number of hydrogen-bond donors (Lipinski definition) is 2. The van der Waals surface area contributed by atoms with Crippen molar-refractivity contribution in [2.45, 2.75) is 39.7 Å². The first-order valence-electron chi connectivity index (χ1n) is 12.0. The Bertz CT molecular complexity index is 1400. The number of imidazole rings is 1. The molecule has 0 radical (unpaired) electrons. The van der Waals surface area contributed by atoms with Gasteiger partial charge in [0.15, 0.2) is 11.5 Å². The number of amides is 1. The van der Waals surface area contributed by atoms with Gasteiger partial charge in [-0.05, 0) is 33.2 Å². The van der Waals surface area contributed by atoms with Crippen LogP contribution in [0.1, 0.15) is 41.5 Å². The number of anilines is 2. The molecule has 35 heavy (non-hydrogen) atoms. The number of methoxy groups -OCH3 is 1. The number of aromatic nitrogens is 5. The topological polar surface area (TPSA) is 102 Å². The maximum atomic E-state index is 13.5. The molecule has 5 rings (SSSR count). The minimum Gasteiger partial charge on any atom is -0.496 e. The van der Waals surface area contributed by atoms with Gasteiger partial charge in [-0.3, -0.25) is 14.5 Å². The molecular formula is C25H32N8O2. The Morgan fingerprint density at radius 1 is 1.17 bits per heavy atom. The zero-order chi connectivity index (χ0) is 24.7. The van der Waals surface area contributed by atoms with Crippen LogP contribution >= 0.6 is 0 Å². The second-order valence-corrected chi connectivity index (χ2v) is 9.14. The van der Waals surface area contributed by atoms with Crippen molar-refractivity contribution in [2.24, 2.45) is 7.05 Å². The van der Waals surface area contributed by atoms with Crippen LogP contribution in [0.3, 0.4) is 0 Å². The number of carbonyl (C=O) groups is 1. The molecule has 4 aromatic rings. The number of nitrogens with one attached hydrogen (secondary N) is 2. The van der Waals surface area contributed by atoms with E-state index in [2.05, 4.69) is 37.5 Å². The van der Waals surface area contributed by atoms with Crippen molar-refractivity contribution >= 4 is 34.0 Å². The molecule has 10 nitrogen and oxygen atoms in total. The fourth-order valence-electron chi connectivity index (χ4n) is 5.05. The van der Waals surface area contributed by atoms with Gasteiger partial charge in [-0.2, -0.15) is 5.10 Å². The Labute approximate surface area is 204 Å². The normalized spacial score (nSPS) is 14.7. The highest BCUT2D eigenvalue weighted by molar-refractivity contribution is 6.16. The van der Waals surface area contributed by atoms with Gasteiger partial charge in [-0.15, -0.1) is 0 Å². The lowest BCUT2D eigenvalue weighted by Crippen LogP contribution is -2.42. The third kappa shape index (κ3) is 4.29. The summed E-state index contributed by atoms with van der Waals surface area (Å²) < 4.78 is 9.35. The summed E-state index contributed by atoms with van der Waals surface area (Å²) in [5.74, 6) is 0.634. The number of hydrogen-bond acceptors (Lipinski definition) is 7. The number of carbonyl (C=O) groups excluding carboxylic acids is 1. The summed E-state index contributed by atoms with van der Waals surface area (Å²) in [7, 11) is 3.46. The van der Waals surface area contributed by atoms with Gasteiger partial charge in [0, 0.05) is 50.0 Å². The van der Waals surface area contributed by atoms with Crippen LogP contribution in [-0.4, -0.2) is 62.8 Å². The number of rotatable bonds is 6. The molecule has 0 bridgehead atoms. The first kappa shape index (κ1) is 23.1. The van der Waals surface area contributed by atoms with Gasteiger partial charge in [-0.1, -0.05) is 6.92 Å². The quantitative estimate of drug-likeness (QED) is 0.441. The number of ether oxygens (including phenoxy) is 1. The highest BCUT2D eigenvalue weighted by atomic mass is 16.5. The fourth-order valence-corrected chi connectivity index (χ4v) is 5.05. The molecule has 10 heteroatoms. The van der Waals surface area contributed by atoms with E-state index in [1.807, 2.05) is 43.8 Å². The van der Waals surface area contributed by atoms with Crippen molar-refractivity contribution in [1.82, 2.24) is 29.5 Å². The summed E-state index contributed by atoms with van der Waals surface area (Å²) in [4.78, 5) is 24.9. The van der Waals surface area contributed by atoms with Crippen LogP contribution in [0.25, 0.3) is 16.6 Å². The van der Waals surface area contributed by atoms with Crippen molar-refractivity contribution in [3.05, 3.63) is 41.6 Å². The molecule has 1 fully saturated rings. The minimum absolute atomic E-state index is 0.311. The van der Waals surface area contributed by atoms with Crippen LogP contribution in [0.5, 0.6) is 5.75 Å². The molecule has 184 valence electrons. The van der Waals surface area contributed by atoms with Crippen LogP contribution in [0, 0.1) is 13.8 Å². The average Bonchev–Trinajstić information content (AvgIpc) is 3.41. The lowest BCUT2D eigenvalue weighted by atomic mass is 10.0. The predicted molar refractivity (Wildman–Crippen MR) is 137 cm³/mol. The van der Waals surface area contributed by atoms with E-state index < -0.39 is 0 Å². The van der Waals surface area contributed by atoms with E-state index in [0.29, 0.717) is 34.3 Å². The molecule has 3 aromatic heterocycles. The van der Waals surface area contributed by atoms with Crippen molar-refractivity contribution in [2.75, 3.05) is 37.0 Å². The summed E-state index contributed by atoms with van der Waals surface area (Å²) in [5.41, 5.74) is 4.45. The van der Waals surface area contributed by atoms with E-state index in [-0.39, 0.29) is 5.91 Å². The summed E-state index contributed by atoms with van der Waals surface area (Å²) >= 11 is 0. The van der Waals surface area contributed by atoms with Crippen LogP contribution < -0.4 is 20.3 Å². The number of piperidine rings is 1. The predicted octanol–water partition coefficient (Wildman–Crippen LogP) is 3.07. The standard InChI is InChI=1S/C25H32N8O2/c1-6-26-17-7-9-32(10-8-17)19-11-20(35-5)22(23-18(19)13-31(4)30-23)25(34)29-21-14-33-12-15(2)27-16(3)24(33)28-21/h11-14,17,26H,6-10H2,1-5H3,(H,29,34). The van der Waals surface area contributed by atoms with Gasteiger partial charge in [-0.25, -0.2) is 4.98 Å². The summed E-state index contributed by atoms with van der Waals surface area (Å²) in [5, 5.41) is 12.1. The fraction of sp³-hybridized carbons (Fsp3) is 0.440. The first-order valence-corrected chi connectivity index (χ1v) is 12.0. The Morgan fingerprint density at radius 3 is 2.66 bits per heavy atom. The van der Waals surface area contributed by atoms with Crippen molar-refractivity contribution < 1.29 is 9.53 Å². The highest BCUT2D eigenvalue weighted by Gasteiger charge is 2.27. The van der Waals surface area contributed by atoms with Gasteiger partial charge < -0.3 is 24.7 Å². The summed E-state index contributed by atoms with van der Waals surface area (Å²) in [6.07, 6.45) is 7.79. The highest BCUT2D eigenvalue weighted by Crippen LogP contribution is 2.37. The van der Waals surface area contributed by atoms with E-state index in [1.165, 1.54) is 0 Å². The first-order chi connectivity index (χ1) is 16.9. The molecule has 1 aromatic carbocycles. The lowest BCUT2D eigenvalue weighted by molar-refractivity contribution is 0.102. The van der Waals surface area contributed by atoms with Gasteiger partial charge in [0.1, 0.15) is 16.8 Å². The number of benzene rings is 1. The van der Waals surface area contributed by atoms with E-state index in [1.54, 1.807) is 18.0 Å². The maximum absolute atomic E-state index is 13.5. The second kappa shape index (κ2) is 9.18. The molecule has 2 N–H and O–H groups in total. The molecule has 1 saturated heterocycles. The molecule has 0 atom stereocenters. The average molecular weight is 477 g/mol.